The molecule has 0 aromatic rings. The van der Waals surface area contributed by atoms with E-state index in [-0.39, 0.29) is 29.8 Å². The van der Waals surface area contributed by atoms with Crippen LogP contribution in [-0.2, 0) is 19.2 Å². The van der Waals surface area contributed by atoms with E-state index in [0.717, 1.165) is 5.06 Å². The molecule has 0 aromatic carbocycles. The number of halogens is 1. The summed E-state index contributed by atoms with van der Waals surface area (Å²) in [6, 6.07) is 0. The third-order valence-electron chi connectivity index (χ3n) is 2.51. The standard InChI is InChI=1S/C9H18FNO2.C6H12O2/c1-5-8(10)6-7(2)9(12)11(3)13-4;1-5(7)8-6(2,3)4/h7-8H,5-6H2,1-4H3;1-4H3/t7-,8+;/m0./s1. The number of amides is 1. The van der Waals surface area contributed by atoms with Gasteiger partial charge in [0.25, 0.3) is 0 Å². The van der Waals surface area contributed by atoms with Gasteiger partial charge >= 0.3 is 5.97 Å². The number of hydrogen-bond donors (Lipinski definition) is 0. The summed E-state index contributed by atoms with van der Waals surface area (Å²) in [5.41, 5.74) is -0.328. The molecule has 0 saturated carbocycles. The minimum Gasteiger partial charge on any atom is -0.460 e. The van der Waals surface area contributed by atoms with Gasteiger partial charge in [0.15, 0.2) is 0 Å². The topological polar surface area (TPSA) is 55.8 Å². The van der Waals surface area contributed by atoms with Gasteiger partial charge in [0, 0.05) is 19.9 Å². The molecule has 0 rings (SSSR count). The molecule has 0 heterocycles. The summed E-state index contributed by atoms with van der Waals surface area (Å²) >= 11 is 0. The first-order valence-corrected chi connectivity index (χ1v) is 7.09. The molecule has 0 saturated heterocycles. The SMILES string of the molecule is CC(=O)OC(C)(C)C.CC[C@@H](F)C[C@H](C)C(=O)N(C)OC. The van der Waals surface area contributed by atoms with E-state index < -0.39 is 6.17 Å². The summed E-state index contributed by atoms with van der Waals surface area (Å²) in [6.45, 7) is 10.4. The lowest BCUT2D eigenvalue weighted by molar-refractivity contribution is -0.173. The predicted molar refractivity (Wildman–Crippen MR) is 80.3 cm³/mol. The van der Waals surface area contributed by atoms with Crippen LogP contribution in [0.15, 0.2) is 0 Å². The fourth-order valence-corrected chi connectivity index (χ4v) is 1.48. The number of rotatable bonds is 5. The highest BCUT2D eigenvalue weighted by atomic mass is 19.1. The normalized spacial score (nSPS) is 13.6. The summed E-state index contributed by atoms with van der Waals surface area (Å²) < 4.78 is 17.7. The monoisotopic (exact) mass is 307 g/mol. The van der Waals surface area contributed by atoms with Crippen molar-refractivity contribution < 1.29 is 23.6 Å². The highest BCUT2D eigenvalue weighted by Crippen LogP contribution is 2.13. The second-order valence-electron chi connectivity index (χ2n) is 5.87. The number of hydroxylamine groups is 2. The summed E-state index contributed by atoms with van der Waals surface area (Å²) in [5.74, 6) is -0.726. The van der Waals surface area contributed by atoms with Crippen molar-refractivity contribution >= 4 is 11.9 Å². The van der Waals surface area contributed by atoms with Crippen molar-refractivity contribution in [2.45, 2.75) is 66.2 Å². The molecule has 2 atom stereocenters. The van der Waals surface area contributed by atoms with Gasteiger partial charge in [-0.1, -0.05) is 13.8 Å². The van der Waals surface area contributed by atoms with Gasteiger partial charge in [-0.15, -0.1) is 0 Å². The van der Waals surface area contributed by atoms with Crippen molar-refractivity contribution in [1.82, 2.24) is 5.06 Å². The van der Waals surface area contributed by atoms with Crippen molar-refractivity contribution in [3.63, 3.8) is 0 Å². The third kappa shape index (κ3) is 13.6. The Morgan fingerprint density at radius 3 is 2.00 bits per heavy atom. The molecule has 0 aliphatic rings. The molecule has 0 aliphatic carbocycles. The zero-order valence-corrected chi connectivity index (χ0v) is 14.5. The van der Waals surface area contributed by atoms with Crippen LogP contribution in [0.3, 0.4) is 0 Å². The number of alkyl halides is 1. The molecule has 0 unspecified atom stereocenters. The zero-order valence-electron chi connectivity index (χ0n) is 14.5. The molecule has 6 heteroatoms. The Balaban J connectivity index is 0. The molecule has 0 aromatic heterocycles. The summed E-state index contributed by atoms with van der Waals surface area (Å²) in [7, 11) is 2.94. The molecule has 126 valence electrons. The van der Waals surface area contributed by atoms with Crippen LogP contribution in [0.25, 0.3) is 0 Å². The molecular formula is C15H30FNO4. The number of hydrogen-bond acceptors (Lipinski definition) is 4. The average molecular weight is 307 g/mol. The van der Waals surface area contributed by atoms with Gasteiger partial charge in [-0.25, -0.2) is 9.45 Å². The van der Waals surface area contributed by atoms with E-state index in [2.05, 4.69) is 0 Å². The van der Waals surface area contributed by atoms with Gasteiger partial charge in [0.1, 0.15) is 11.8 Å². The number of carbonyl (C=O) groups excluding carboxylic acids is 2. The second kappa shape index (κ2) is 10.5. The minimum absolute atomic E-state index is 0.182. The maximum Gasteiger partial charge on any atom is 0.303 e. The largest absolute Gasteiger partial charge is 0.460 e. The molecule has 0 aliphatic heterocycles. The van der Waals surface area contributed by atoms with E-state index in [0.29, 0.717) is 6.42 Å². The Morgan fingerprint density at radius 1 is 1.29 bits per heavy atom. The molecule has 21 heavy (non-hydrogen) atoms. The first-order chi connectivity index (χ1) is 9.44. The summed E-state index contributed by atoms with van der Waals surface area (Å²) in [4.78, 5) is 26.3. The van der Waals surface area contributed by atoms with E-state index in [1.54, 1.807) is 13.8 Å². The smallest absolute Gasteiger partial charge is 0.303 e. The maximum atomic E-state index is 12.9. The van der Waals surface area contributed by atoms with E-state index >= 15 is 0 Å². The van der Waals surface area contributed by atoms with Crippen molar-refractivity contribution in [3.05, 3.63) is 0 Å². The van der Waals surface area contributed by atoms with Gasteiger partial charge in [0.05, 0.1) is 7.11 Å². The van der Waals surface area contributed by atoms with Crippen LogP contribution in [-0.4, -0.2) is 42.9 Å². The van der Waals surface area contributed by atoms with Crippen LogP contribution in [0.4, 0.5) is 4.39 Å². The van der Waals surface area contributed by atoms with Gasteiger partial charge in [-0.05, 0) is 33.6 Å². The Morgan fingerprint density at radius 2 is 1.76 bits per heavy atom. The minimum atomic E-state index is -0.899. The molecule has 0 N–H and O–H groups in total. The molecule has 1 amide bonds. The van der Waals surface area contributed by atoms with Crippen LogP contribution in [0, 0.1) is 5.92 Å². The lowest BCUT2D eigenvalue weighted by Crippen LogP contribution is -2.31. The van der Waals surface area contributed by atoms with Crippen molar-refractivity contribution in [2.75, 3.05) is 14.2 Å². The van der Waals surface area contributed by atoms with Gasteiger partial charge in [0.2, 0.25) is 5.91 Å². The van der Waals surface area contributed by atoms with E-state index in [1.165, 1.54) is 21.1 Å². The second-order valence-corrected chi connectivity index (χ2v) is 5.87. The lowest BCUT2D eigenvalue weighted by atomic mass is 10.0. The maximum absolute atomic E-state index is 12.9. The summed E-state index contributed by atoms with van der Waals surface area (Å²) in [6.07, 6.45) is -0.179. The fraction of sp³-hybridized carbons (Fsp3) is 0.867. The van der Waals surface area contributed by atoms with Crippen molar-refractivity contribution in [1.29, 1.82) is 0 Å². The van der Waals surface area contributed by atoms with Gasteiger partial charge in [-0.3, -0.25) is 14.4 Å². The van der Waals surface area contributed by atoms with E-state index in [9.17, 15) is 14.0 Å². The molecule has 0 radical (unpaired) electrons. The predicted octanol–water partition coefficient (Wildman–Crippen LogP) is 3.13. The molecule has 5 nitrogen and oxygen atoms in total. The van der Waals surface area contributed by atoms with Crippen LogP contribution < -0.4 is 0 Å². The Bertz CT molecular complexity index is 315. The number of nitrogens with zero attached hydrogens (tertiary/aromatic N) is 1. The van der Waals surface area contributed by atoms with Gasteiger partial charge < -0.3 is 4.74 Å². The van der Waals surface area contributed by atoms with Crippen LogP contribution in [0.2, 0.25) is 0 Å². The van der Waals surface area contributed by atoms with Crippen molar-refractivity contribution in [2.24, 2.45) is 5.92 Å². The quantitative estimate of drug-likeness (QED) is 0.578. The van der Waals surface area contributed by atoms with E-state index in [1.807, 2.05) is 20.8 Å². The first kappa shape index (κ1) is 22.1. The van der Waals surface area contributed by atoms with Crippen molar-refractivity contribution in [3.8, 4) is 0 Å². The Labute approximate surface area is 127 Å². The number of carbonyl (C=O) groups is 2. The number of ether oxygens (including phenoxy) is 1. The fourth-order valence-electron chi connectivity index (χ4n) is 1.48. The lowest BCUT2D eigenvalue weighted by Gasteiger charge is -2.19. The summed E-state index contributed by atoms with van der Waals surface area (Å²) in [5, 5.41) is 1.13. The number of esters is 1. The Kier molecular flexibility index (Phi) is 11.1. The molecular weight excluding hydrogens is 277 g/mol. The third-order valence-corrected chi connectivity index (χ3v) is 2.51. The van der Waals surface area contributed by atoms with Gasteiger partial charge in [-0.2, -0.15) is 0 Å². The van der Waals surface area contributed by atoms with Crippen LogP contribution in [0.5, 0.6) is 0 Å². The highest BCUT2D eigenvalue weighted by molar-refractivity contribution is 5.77. The van der Waals surface area contributed by atoms with Crippen LogP contribution in [0.1, 0.15) is 54.4 Å². The zero-order chi connectivity index (χ0) is 17.2. The average Bonchev–Trinajstić information content (AvgIpc) is 2.34. The molecule has 0 spiro atoms. The van der Waals surface area contributed by atoms with Crippen LogP contribution >= 0.6 is 0 Å². The molecule has 0 fully saturated rings. The first-order valence-electron chi connectivity index (χ1n) is 7.09. The van der Waals surface area contributed by atoms with E-state index in [4.69, 9.17) is 9.57 Å². The Hall–Kier alpha value is -1.17. The molecule has 0 bridgehead atoms. The highest BCUT2D eigenvalue weighted by Gasteiger charge is 2.20.